The van der Waals surface area contributed by atoms with Gasteiger partial charge in [-0.3, -0.25) is 9.80 Å². The number of piperidine rings is 1. The summed E-state index contributed by atoms with van der Waals surface area (Å²) in [6.45, 7) is 6.73. The van der Waals surface area contributed by atoms with Gasteiger partial charge in [0.25, 0.3) is 0 Å². The highest BCUT2D eigenvalue weighted by atomic mass is 19.4. The molecule has 1 fully saturated rings. The second kappa shape index (κ2) is 13.2. The molecule has 1 aliphatic rings. The lowest BCUT2D eigenvalue weighted by Crippen LogP contribution is -2.35. The molecule has 9 heteroatoms. The topological polar surface area (TPSA) is 54.4 Å². The van der Waals surface area contributed by atoms with E-state index in [1.165, 1.54) is 25.0 Å². The fourth-order valence-corrected chi connectivity index (χ4v) is 4.24. The zero-order chi connectivity index (χ0) is 26.1. The van der Waals surface area contributed by atoms with Gasteiger partial charge < -0.3 is 19.3 Å². The molecule has 1 atom stereocenters. The van der Waals surface area contributed by atoms with Crippen molar-refractivity contribution in [1.82, 2.24) is 9.80 Å². The van der Waals surface area contributed by atoms with Crippen LogP contribution in [-0.2, 0) is 12.7 Å². The van der Waals surface area contributed by atoms with Gasteiger partial charge in [0.05, 0.1) is 12.7 Å². The van der Waals surface area contributed by atoms with Gasteiger partial charge in [0.1, 0.15) is 25.1 Å². The van der Waals surface area contributed by atoms with Gasteiger partial charge >= 0.3 is 6.18 Å². The summed E-state index contributed by atoms with van der Waals surface area (Å²) in [4.78, 5) is 4.34. The summed E-state index contributed by atoms with van der Waals surface area (Å²) >= 11 is 0. The van der Waals surface area contributed by atoms with Crippen LogP contribution in [0.3, 0.4) is 0 Å². The maximum absolute atomic E-state index is 12.8. The van der Waals surface area contributed by atoms with E-state index in [4.69, 9.17) is 14.2 Å². The number of nitrogens with zero attached hydrogens (tertiary/aromatic N) is 2. The number of likely N-dealkylation sites (N-methyl/N-ethyl adjacent to an activating group) is 1. The Hall–Kier alpha value is -2.49. The molecule has 0 radical (unpaired) electrons. The number of aliphatic hydroxyl groups excluding tert-OH is 1. The molecule has 1 N–H and O–H groups in total. The van der Waals surface area contributed by atoms with E-state index < -0.39 is 17.8 Å². The molecule has 36 heavy (non-hydrogen) atoms. The highest BCUT2D eigenvalue weighted by Crippen LogP contribution is 2.31. The number of alkyl halides is 3. The van der Waals surface area contributed by atoms with Crippen molar-refractivity contribution in [3.63, 3.8) is 0 Å². The van der Waals surface area contributed by atoms with Crippen LogP contribution < -0.4 is 14.2 Å². The summed E-state index contributed by atoms with van der Waals surface area (Å²) in [7, 11) is 3.46. The molecular formula is C27H37F3N2O4. The van der Waals surface area contributed by atoms with Gasteiger partial charge in [-0.05, 0) is 74.8 Å². The largest absolute Gasteiger partial charge is 0.493 e. The maximum Gasteiger partial charge on any atom is 0.416 e. The van der Waals surface area contributed by atoms with Crippen molar-refractivity contribution in [2.75, 3.05) is 53.6 Å². The molecule has 1 aliphatic heterocycles. The van der Waals surface area contributed by atoms with Gasteiger partial charge in [0, 0.05) is 19.6 Å². The summed E-state index contributed by atoms with van der Waals surface area (Å²) in [5, 5.41) is 10.3. The molecule has 1 unspecified atom stereocenters. The third kappa shape index (κ3) is 8.87. The van der Waals surface area contributed by atoms with Crippen molar-refractivity contribution < 1.29 is 32.5 Å². The van der Waals surface area contributed by atoms with Crippen molar-refractivity contribution in [3.8, 4) is 17.2 Å². The lowest BCUT2D eigenvalue weighted by Gasteiger charge is -2.30. The number of likely N-dealkylation sites (tertiary alicyclic amines) is 1. The maximum atomic E-state index is 12.8. The average molecular weight is 511 g/mol. The van der Waals surface area contributed by atoms with Gasteiger partial charge in [0.15, 0.2) is 11.5 Å². The van der Waals surface area contributed by atoms with E-state index >= 15 is 0 Å². The highest BCUT2D eigenvalue weighted by Gasteiger charge is 2.30. The molecule has 6 nitrogen and oxygen atoms in total. The Morgan fingerprint density at radius 2 is 1.83 bits per heavy atom. The molecule has 200 valence electrons. The SMILES string of the molecule is COc1cc(CN(C)CC(O)COc2cccc(C(F)(F)F)c2)ccc1OCCN1CCC(C)CC1. The van der Waals surface area contributed by atoms with Crippen molar-refractivity contribution in [1.29, 1.82) is 0 Å². The van der Waals surface area contributed by atoms with Crippen LogP contribution in [0.25, 0.3) is 0 Å². The van der Waals surface area contributed by atoms with Crippen molar-refractivity contribution in [2.24, 2.45) is 5.92 Å². The molecule has 0 aliphatic carbocycles. The van der Waals surface area contributed by atoms with Crippen molar-refractivity contribution in [3.05, 3.63) is 53.6 Å². The molecule has 3 rings (SSSR count). The van der Waals surface area contributed by atoms with Crippen molar-refractivity contribution in [2.45, 2.75) is 38.6 Å². The Labute approximate surface area is 211 Å². The number of rotatable bonds is 12. The Kier molecular flexibility index (Phi) is 10.3. The highest BCUT2D eigenvalue weighted by molar-refractivity contribution is 5.43. The molecule has 2 aromatic rings. The zero-order valence-electron chi connectivity index (χ0n) is 21.3. The number of hydrogen-bond donors (Lipinski definition) is 1. The summed E-state index contributed by atoms with van der Waals surface area (Å²) in [5.74, 6) is 2.23. The summed E-state index contributed by atoms with van der Waals surface area (Å²) in [6.07, 6.45) is -2.84. The van der Waals surface area contributed by atoms with Gasteiger partial charge in [-0.2, -0.15) is 13.2 Å². The van der Waals surface area contributed by atoms with E-state index in [2.05, 4.69) is 11.8 Å². The Morgan fingerprint density at radius 3 is 2.53 bits per heavy atom. The molecule has 2 aromatic carbocycles. The third-order valence-electron chi connectivity index (χ3n) is 6.35. The molecule has 0 amide bonds. The van der Waals surface area contributed by atoms with Crippen LogP contribution in [-0.4, -0.2) is 74.6 Å². The van der Waals surface area contributed by atoms with E-state index in [0.29, 0.717) is 24.7 Å². The molecule has 1 heterocycles. The second-order valence-electron chi connectivity index (χ2n) is 9.55. The van der Waals surface area contributed by atoms with E-state index in [1.807, 2.05) is 30.1 Å². The fourth-order valence-electron chi connectivity index (χ4n) is 4.24. The zero-order valence-corrected chi connectivity index (χ0v) is 21.3. The molecule has 0 saturated carbocycles. The number of methoxy groups -OCH3 is 1. The standard InChI is InChI=1S/C27H37F3N2O4/c1-20-9-11-32(12-10-20)13-14-35-25-8-7-21(15-26(25)34-3)17-31(2)18-23(33)19-36-24-6-4-5-22(16-24)27(28,29)30/h4-8,15-16,20,23,33H,9-14,17-19H2,1-3H3. The minimum absolute atomic E-state index is 0.0710. The van der Waals surface area contributed by atoms with Crippen LogP contribution in [0.5, 0.6) is 17.2 Å². The molecule has 0 bridgehead atoms. The van der Waals surface area contributed by atoms with Crippen LogP contribution >= 0.6 is 0 Å². The van der Waals surface area contributed by atoms with Gasteiger partial charge in [-0.15, -0.1) is 0 Å². The first kappa shape index (κ1) is 28.1. The molecule has 0 aromatic heterocycles. The summed E-state index contributed by atoms with van der Waals surface area (Å²) in [6, 6.07) is 10.4. The Balaban J connectivity index is 1.44. The number of aliphatic hydroxyl groups is 1. The molecule has 1 saturated heterocycles. The number of halogens is 3. The first-order chi connectivity index (χ1) is 17.1. The smallest absolute Gasteiger partial charge is 0.416 e. The first-order valence-corrected chi connectivity index (χ1v) is 12.3. The lowest BCUT2D eigenvalue weighted by molar-refractivity contribution is -0.137. The number of benzene rings is 2. The summed E-state index contributed by atoms with van der Waals surface area (Å²) in [5.41, 5.74) is 0.201. The minimum atomic E-state index is -4.44. The molecular weight excluding hydrogens is 473 g/mol. The normalized spacial score (nSPS) is 16.2. The first-order valence-electron chi connectivity index (χ1n) is 12.3. The number of ether oxygens (including phenoxy) is 3. The van der Waals surface area contributed by atoms with Gasteiger partial charge in [-0.25, -0.2) is 0 Å². The monoisotopic (exact) mass is 510 g/mol. The van der Waals surface area contributed by atoms with Crippen LogP contribution in [0.1, 0.15) is 30.9 Å². The number of hydrogen-bond acceptors (Lipinski definition) is 6. The second-order valence-corrected chi connectivity index (χ2v) is 9.55. The van der Waals surface area contributed by atoms with Crippen molar-refractivity contribution >= 4 is 0 Å². The Morgan fingerprint density at radius 1 is 1.08 bits per heavy atom. The Bertz CT molecular complexity index is 949. The molecule has 0 spiro atoms. The van der Waals surface area contributed by atoms with Crippen LogP contribution in [0.4, 0.5) is 13.2 Å². The van der Waals surface area contributed by atoms with E-state index in [-0.39, 0.29) is 18.9 Å². The lowest BCUT2D eigenvalue weighted by atomic mass is 9.99. The van der Waals surface area contributed by atoms with Gasteiger partial charge in [0.2, 0.25) is 0 Å². The predicted octanol–water partition coefficient (Wildman–Crippen LogP) is 4.70. The van der Waals surface area contributed by atoms with Crippen LogP contribution in [0.15, 0.2) is 42.5 Å². The summed E-state index contributed by atoms with van der Waals surface area (Å²) < 4.78 is 55.4. The van der Waals surface area contributed by atoms with Gasteiger partial charge in [-0.1, -0.05) is 19.1 Å². The van der Waals surface area contributed by atoms with E-state index in [1.54, 1.807) is 7.11 Å². The van der Waals surface area contributed by atoms with E-state index in [0.717, 1.165) is 43.2 Å². The average Bonchev–Trinajstić information content (AvgIpc) is 2.84. The fraction of sp³-hybridized carbons (Fsp3) is 0.556. The quantitative estimate of drug-likeness (QED) is 0.447. The van der Waals surface area contributed by atoms with E-state index in [9.17, 15) is 18.3 Å². The van der Waals surface area contributed by atoms with Crippen LogP contribution in [0.2, 0.25) is 0 Å². The predicted molar refractivity (Wildman–Crippen MR) is 133 cm³/mol. The van der Waals surface area contributed by atoms with Crippen LogP contribution in [0, 0.1) is 5.92 Å². The minimum Gasteiger partial charge on any atom is -0.493 e. The third-order valence-corrected chi connectivity index (χ3v) is 6.35.